The molecule has 0 aliphatic carbocycles. The van der Waals surface area contributed by atoms with Gasteiger partial charge in [0.2, 0.25) is 0 Å². The van der Waals surface area contributed by atoms with E-state index in [2.05, 4.69) is 0 Å². The summed E-state index contributed by atoms with van der Waals surface area (Å²) in [7, 11) is 0. The van der Waals surface area contributed by atoms with E-state index in [0.717, 1.165) is 5.56 Å². The van der Waals surface area contributed by atoms with Gasteiger partial charge in [-0.3, -0.25) is 0 Å². The van der Waals surface area contributed by atoms with Crippen LogP contribution in [-0.4, -0.2) is 17.8 Å². The lowest BCUT2D eigenvalue weighted by atomic mass is 10.0. The van der Waals surface area contributed by atoms with Gasteiger partial charge in [-0.25, -0.2) is 4.39 Å². The summed E-state index contributed by atoms with van der Waals surface area (Å²) >= 11 is 0. The van der Waals surface area contributed by atoms with E-state index < -0.39 is 0 Å². The van der Waals surface area contributed by atoms with Crippen LogP contribution in [0.5, 0.6) is 0 Å². The van der Waals surface area contributed by atoms with Crippen LogP contribution >= 0.6 is 0 Å². The Morgan fingerprint density at radius 2 is 1.86 bits per heavy atom. The molecule has 3 heteroatoms. The number of aryl methyl sites for hydroxylation is 2. The Morgan fingerprint density at radius 1 is 1.36 bits per heavy atom. The van der Waals surface area contributed by atoms with Crippen molar-refractivity contribution in [2.45, 2.75) is 26.3 Å². The molecule has 0 aliphatic rings. The molecule has 0 fully saturated rings. The topological polar surface area (TPSA) is 46.2 Å². The largest absolute Gasteiger partial charge is 0.395 e. The highest BCUT2D eigenvalue weighted by Crippen LogP contribution is 2.15. The number of benzene rings is 1. The zero-order valence-electron chi connectivity index (χ0n) is 8.55. The monoisotopic (exact) mass is 197 g/mol. The predicted octanol–water partition coefficient (Wildman–Crippen LogP) is 1.30. The highest BCUT2D eigenvalue weighted by atomic mass is 19.1. The van der Waals surface area contributed by atoms with E-state index in [0.29, 0.717) is 17.5 Å². The fourth-order valence-corrected chi connectivity index (χ4v) is 1.52. The first-order valence-corrected chi connectivity index (χ1v) is 4.66. The minimum absolute atomic E-state index is 0.0462. The van der Waals surface area contributed by atoms with Crippen molar-refractivity contribution in [2.75, 3.05) is 6.61 Å². The van der Waals surface area contributed by atoms with Gasteiger partial charge in [-0.2, -0.15) is 0 Å². The highest BCUT2D eigenvalue weighted by molar-refractivity contribution is 5.30. The number of hydrogen-bond acceptors (Lipinski definition) is 2. The Labute approximate surface area is 83.6 Å². The molecule has 14 heavy (non-hydrogen) atoms. The number of aliphatic hydroxyl groups is 1. The smallest absolute Gasteiger partial charge is 0.129 e. The van der Waals surface area contributed by atoms with Crippen molar-refractivity contribution in [2.24, 2.45) is 5.73 Å². The summed E-state index contributed by atoms with van der Waals surface area (Å²) in [5.74, 6) is -0.161. The lowest BCUT2D eigenvalue weighted by Gasteiger charge is -2.10. The SMILES string of the molecule is Cc1cc(CC(N)CO)cc(C)c1F. The summed E-state index contributed by atoms with van der Waals surface area (Å²) in [5.41, 5.74) is 7.83. The average Bonchev–Trinajstić information content (AvgIpc) is 2.14. The lowest BCUT2D eigenvalue weighted by molar-refractivity contribution is 0.265. The van der Waals surface area contributed by atoms with Gasteiger partial charge in [0.25, 0.3) is 0 Å². The van der Waals surface area contributed by atoms with Gasteiger partial charge in [0.05, 0.1) is 6.61 Å². The van der Waals surface area contributed by atoms with Gasteiger partial charge in [-0.05, 0) is 37.0 Å². The van der Waals surface area contributed by atoms with Gasteiger partial charge in [-0.15, -0.1) is 0 Å². The first kappa shape index (κ1) is 11.1. The predicted molar refractivity (Wildman–Crippen MR) is 54.6 cm³/mol. The third-order valence-corrected chi connectivity index (χ3v) is 2.23. The van der Waals surface area contributed by atoms with Crippen LogP contribution in [0.1, 0.15) is 16.7 Å². The third-order valence-electron chi connectivity index (χ3n) is 2.23. The minimum atomic E-state index is -0.265. The number of rotatable bonds is 3. The van der Waals surface area contributed by atoms with Crippen molar-refractivity contribution in [3.63, 3.8) is 0 Å². The number of aliphatic hydroxyl groups excluding tert-OH is 1. The summed E-state index contributed by atoms with van der Waals surface area (Å²) in [6.45, 7) is 3.42. The molecule has 0 heterocycles. The molecule has 0 spiro atoms. The van der Waals surface area contributed by atoms with E-state index >= 15 is 0 Å². The maximum atomic E-state index is 13.2. The van der Waals surface area contributed by atoms with Crippen molar-refractivity contribution in [3.8, 4) is 0 Å². The van der Waals surface area contributed by atoms with E-state index in [-0.39, 0.29) is 18.5 Å². The molecule has 1 aromatic carbocycles. The molecule has 0 saturated heterocycles. The molecule has 0 bridgehead atoms. The van der Waals surface area contributed by atoms with E-state index in [1.807, 2.05) is 0 Å². The van der Waals surface area contributed by atoms with Gasteiger partial charge in [-0.1, -0.05) is 12.1 Å². The minimum Gasteiger partial charge on any atom is -0.395 e. The molecule has 1 rings (SSSR count). The second-order valence-corrected chi connectivity index (χ2v) is 3.69. The van der Waals surface area contributed by atoms with Crippen LogP contribution in [0.2, 0.25) is 0 Å². The standard InChI is InChI=1S/C11H16FNO/c1-7-3-9(5-10(13)6-14)4-8(2)11(7)12/h3-4,10,14H,5-6,13H2,1-2H3. The van der Waals surface area contributed by atoms with Gasteiger partial charge in [0.15, 0.2) is 0 Å². The number of nitrogens with two attached hydrogens (primary N) is 1. The Bertz CT molecular complexity index is 302. The molecule has 0 aliphatic heterocycles. The fraction of sp³-hybridized carbons (Fsp3) is 0.455. The Balaban J connectivity index is 2.89. The molecule has 0 saturated carbocycles. The molecule has 1 atom stereocenters. The second-order valence-electron chi connectivity index (χ2n) is 3.69. The molecular formula is C11H16FNO. The Kier molecular flexibility index (Phi) is 3.61. The van der Waals surface area contributed by atoms with Crippen LogP contribution in [0.15, 0.2) is 12.1 Å². The van der Waals surface area contributed by atoms with E-state index in [9.17, 15) is 4.39 Å². The average molecular weight is 197 g/mol. The second kappa shape index (κ2) is 4.53. The zero-order chi connectivity index (χ0) is 10.7. The summed E-state index contributed by atoms with van der Waals surface area (Å²) < 4.78 is 13.2. The third kappa shape index (κ3) is 2.53. The molecule has 0 amide bonds. The molecule has 1 aromatic rings. The lowest BCUT2D eigenvalue weighted by Crippen LogP contribution is -2.26. The molecule has 3 N–H and O–H groups in total. The summed E-state index contributed by atoms with van der Waals surface area (Å²) in [6, 6.07) is 3.29. The van der Waals surface area contributed by atoms with Crippen molar-refractivity contribution >= 4 is 0 Å². The Hall–Kier alpha value is -0.930. The summed E-state index contributed by atoms with van der Waals surface area (Å²) in [5, 5.41) is 8.79. The van der Waals surface area contributed by atoms with Crippen molar-refractivity contribution in [1.29, 1.82) is 0 Å². The first-order valence-electron chi connectivity index (χ1n) is 4.66. The molecule has 2 nitrogen and oxygen atoms in total. The van der Waals surface area contributed by atoms with Crippen LogP contribution in [0.25, 0.3) is 0 Å². The summed E-state index contributed by atoms with van der Waals surface area (Å²) in [4.78, 5) is 0. The maximum absolute atomic E-state index is 13.2. The van der Waals surface area contributed by atoms with Crippen LogP contribution in [0, 0.1) is 19.7 Å². The Morgan fingerprint density at radius 3 is 2.29 bits per heavy atom. The van der Waals surface area contributed by atoms with Gasteiger partial charge < -0.3 is 10.8 Å². The number of halogens is 1. The van der Waals surface area contributed by atoms with Crippen molar-refractivity contribution in [3.05, 3.63) is 34.6 Å². The highest BCUT2D eigenvalue weighted by Gasteiger charge is 2.07. The van der Waals surface area contributed by atoms with Gasteiger partial charge in [0, 0.05) is 6.04 Å². The van der Waals surface area contributed by atoms with Crippen LogP contribution in [-0.2, 0) is 6.42 Å². The summed E-state index contributed by atoms with van der Waals surface area (Å²) in [6.07, 6.45) is 0.582. The van der Waals surface area contributed by atoms with Crippen molar-refractivity contribution in [1.82, 2.24) is 0 Å². The molecule has 0 radical (unpaired) electrons. The molecular weight excluding hydrogens is 181 g/mol. The van der Waals surface area contributed by atoms with E-state index in [1.165, 1.54) is 0 Å². The molecule has 0 aromatic heterocycles. The maximum Gasteiger partial charge on any atom is 0.129 e. The molecule has 78 valence electrons. The van der Waals surface area contributed by atoms with Crippen LogP contribution in [0.4, 0.5) is 4.39 Å². The number of hydrogen-bond donors (Lipinski definition) is 2. The zero-order valence-corrected chi connectivity index (χ0v) is 8.55. The van der Waals surface area contributed by atoms with Crippen molar-refractivity contribution < 1.29 is 9.50 Å². The van der Waals surface area contributed by atoms with E-state index in [4.69, 9.17) is 10.8 Å². The van der Waals surface area contributed by atoms with Gasteiger partial charge >= 0.3 is 0 Å². The van der Waals surface area contributed by atoms with Crippen LogP contribution < -0.4 is 5.73 Å². The fourth-order valence-electron chi connectivity index (χ4n) is 1.52. The quantitative estimate of drug-likeness (QED) is 0.767. The normalized spacial score (nSPS) is 12.9. The molecule has 1 unspecified atom stereocenters. The van der Waals surface area contributed by atoms with E-state index in [1.54, 1.807) is 26.0 Å². The van der Waals surface area contributed by atoms with Crippen LogP contribution in [0.3, 0.4) is 0 Å². The van der Waals surface area contributed by atoms with Gasteiger partial charge in [0.1, 0.15) is 5.82 Å². The first-order chi connectivity index (χ1) is 6.54.